The highest BCUT2D eigenvalue weighted by Gasteiger charge is 2.17. The van der Waals surface area contributed by atoms with Crippen molar-refractivity contribution in [3.05, 3.63) is 36.2 Å². The number of rotatable bonds is 6. The molecule has 7 nitrogen and oxygen atoms in total. The number of piperidine rings is 1. The predicted molar refractivity (Wildman–Crippen MR) is 104 cm³/mol. The lowest BCUT2D eigenvalue weighted by Crippen LogP contribution is -2.29. The van der Waals surface area contributed by atoms with Gasteiger partial charge in [-0.25, -0.2) is 0 Å². The highest BCUT2D eigenvalue weighted by Crippen LogP contribution is 2.40. The number of amides is 1. The van der Waals surface area contributed by atoms with Crippen LogP contribution in [-0.2, 0) is 0 Å². The van der Waals surface area contributed by atoms with Crippen molar-refractivity contribution in [3.8, 4) is 17.2 Å². The van der Waals surface area contributed by atoms with E-state index < -0.39 is 0 Å². The Bertz CT molecular complexity index is 779. The van der Waals surface area contributed by atoms with Crippen LogP contribution >= 0.6 is 0 Å². The minimum atomic E-state index is -0.240. The van der Waals surface area contributed by atoms with E-state index in [1.165, 1.54) is 40.6 Å². The number of nitrogens with one attached hydrogen (secondary N) is 1. The average molecular weight is 371 g/mol. The van der Waals surface area contributed by atoms with Gasteiger partial charge in [0.05, 0.1) is 38.8 Å². The molecule has 1 aromatic carbocycles. The van der Waals surface area contributed by atoms with Gasteiger partial charge in [0.2, 0.25) is 5.75 Å². The molecular weight excluding hydrogens is 346 g/mol. The number of methoxy groups -OCH3 is 3. The van der Waals surface area contributed by atoms with Gasteiger partial charge in [0.1, 0.15) is 0 Å². The van der Waals surface area contributed by atoms with E-state index in [2.05, 4.69) is 15.2 Å². The highest BCUT2D eigenvalue weighted by atomic mass is 16.5. The van der Waals surface area contributed by atoms with Crippen molar-refractivity contribution >= 4 is 17.3 Å². The van der Waals surface area contributed by atoms with Gasteiger partial charge in [0.15, 0.2) is 11.5 Å². The normalized spacial score (nSPS) is 13.8. The molecule has 0 aliphatic carbocycles. The number of carbonyl (C=O) groups excluding carboxylic acids is 1. The predicted octanol–water partition coefficient (Wildman–Crippen LogP) is 3.35. The fraction of sp³-hybridized carbons (Fsp3) is 0.400. The number of benzene rings is 1. The summed E-state index contributed by atoms with van der Waals surface area (Å²) in [5.41, 5.74) is 2.04. The number of ether oxygens (including phenoxy) is 3. The third-order valence-electron chi connectivity index (χ3n) is 4.63. The van der Waals surface area contributed by atoms with Crippen LogP contribution in [0.3, 0.4) is 0 Å². The monoisotopic (exact) mass is 371 g/mol. The Balaban J connectivity index is 1.81. The molecule has 0 atom stereocenters. The van der Waals surface area contributed by atoms with Crippen LogP contribution in [0.15, 0.2) is 30.6 Å². The Morgan fingerprint density at radius 3 is 2.22 bits per heavy atom. The van der Waals surface area contributed by atoms with Crippen LogP contribution in [0.1, 0.15) is 29.6 Å². The van der Waals surface area contributed by atoms with E-state index in [0.717, 1.165) is 18.8 Å². The topological polar surface area (TPSA) is 72.9 Å². The number of carbonyl (C=O) groups is 1. The Morgan fingerprint density at radius 1 is 0.963 bits per heavy atom. The molecule has 2 heterocycles. The van der Waals surface area contributed by atoms with Crippen LogP contribution in [0.25, 0.3) is 0 Å². The molecule has 144 valence electrons. The summed E-state index contributed by atoms with van der Waals surface area (Å²) in [7, 11) is 4.61. The van der Waals surface area contributed by atoms with Crippen molar-refractivity contribution in [3.63, 3.8) is 0 Å². The zero-order chi connectivity index (χ0) is 19.2. The van der Waals surface area contributed by atoms with Gasteiger partial charge >= 0.3 is 0 Å². The lowest BCUT2D eigenvalue weighted by Gasteiger charge is -2.28. The van der Waals surface area contributed by atoms with Gasteiger partial charge in [-0.05, 0) is 25.3 Å². The molecule has 2 aromatic rings. The third-order valence-corrected chi connectivity index (χ3v) is 4.63. The SMILES string of the molecule is COc1cc(NC(=O)c2cncc(N3CCCCC3)c2)cc(OC)c1OC. The summed E-state index contributed by atoms with van der Waals surface area (Å²) in [5.74, 6) is 1.20. The fourth-order valence-electron chi connectivity index (χ4n) is 3.23. The van der Waals surface area contributed by atoms with E-state index in [9.17, 15) is 4.79 Å². The summed E-state index contributed by atoms with van der Waals surface area (Å²) in [4.78, 5) is 19.2. The molecule has 1 aliphatic heterocycles. The molecule has 0 spiro atoms. The van der Waals surface area contributed by atoms with Crippen molar-refractivity contribution in [2.75, 3.05) is 44.6 Å². The van der Waals surface area contributed by atoms with Gasteiger partial charge in [-0.1, -0.05) is 0 Å². The minimum absolute atomic E-state index is 0.240. The van der Waals surface area contributed by atoms with Gasteiger partial charge in [-0.15, -0.1) is 0 Å². The lowest BCUT2D eigenvalue weighted by atomic mass is 10.1. The molecule has 7 heteroatoms. The Hall–Kier alpha value is -2.96. The zero-order valence-corrected chi connectivity index (χ0v) is 15.9. The second-order valence-corrected chi connectivity index (χ2v) is 6.35. The Morgan fingerprint density at radius 2 is 1.63 bits per heavy atom. The van der Waals surface area contributed by atoms with Crippen LogP contribution in [0.2, 0.25) is 0 Å². The van der Waals surface area contributed by atoms with Gasteiger partial charge in [0.25, 0.3) is 5.91 Å². The van der Waals surface area contributed by atoms with Gasteiger partial charge in [-0.2, -0.15) is 0 Å². The van der Waals surface area contributed by atoms with E-state index in [0.29, 0.717) is 28.5 Å². The van der Waals surface area contributed by atoms with Crippen LogP contribution in [0.4, 0.5) is 11.4 Å². The van der Waals surface area contributed by atoms with E-state index in [1.54, 1.807) is 18.3 Å². The first-order chi connectivity index (χ1) is 13.2. The molecule has 0 bridgehead atoms. The summed E-state index contributed by atoms with van der Waals surface area (Å²) in [6.45, 7) is 2.00. The number of hydrogen-bond acceptors (Lipinski definition) is 6. The molecule has 0 radical (unpaired) electrons. The molecule has 1 fully saturated rings. The fourth-order valence-corrected chi connectivity index (χ4v) is 3.23. The van der Waals surface area contributed by atoms with Gasteiger partial charge in [-0.3, -0.25) is 9.78 Å². The van der Waals surface area contributed by atoms with Crippen molar-refractivity contribution < 1.29 is 19.0 Å². The number of nitrogens with zero attached hydrogens (tertiary/aromatic N) is 2. The largest absolute Gasteiger partial charge is 0.493 e. The first-order valence-corrected chi connectivity index (χ1v) is 8.97. The van der Waals surface area contributed by atoms with E-state index in [-0.39, 0.29) is 5.91 Å². The molecule has 3 rings (SSSR count). The molecule has 1 amide bonds. The maximum atomic E-state index is 12.7. The Labute approximate surface area is 159 Å². The van der Waals surface area contributed by atoms with E-state index >= 15 is 0 Å². The van der Waals surface area contributed by atoms with Crippen LogP contribution < -0.4 is 24.4 Å². The van der Waals surface area contributed by atoms with Gasteiger partial charge < -0.3 is 24.4 Å². The molecule has 27 heavy (non-hydrogen) atoms. The first kappa shape index (κ1) is 18.8. The van der Waals surface area contributed by atoms with Crippen LogP contribution in [-0.4, -0.2) is 45.3 Å². The van der Waals surface area contributed by atoms with E-state index in [1.807, 2.05) is 12.3 Å². The number of hydrogen-bond donors (Lipinski definition) is 1. The number of aromatic nitrogens is 1. The molecule has 1 aliphatic rings. The average Bonchev–Trinajstić information content (AvgIpc) is 2.73. The maximum Gasteiger partial charge on any atom is 0.257 e. The van der Waals surface area contributed by atoms with Crippen molar-refractivity contribution in [2.24, 2.45) is 0 Å². The van der Waals surface area contributed by atoms with Crippen LogP contribution in [0.5, 0.6) is 17.2 Å². The minimum Gasteiger partial charge on any atom is -0.493 e. The van der Waals surface area contributed by atoms with Crippen molar-refractivity contribution in [2.45, 2.75) is 19.3 Å². The molecule has 1 N–H and O–H groups in total. The Kier molecular flexibility index (Phi) is 6.01. The summed E-state index contributed by atoms with van der Waals surface area (Å²) in [6.07, 6.45) is 6.97. The van der Waals surface area contributed by atoms with Crippen molar-refractivity contribution in [1.29, 1.82) is 0 Å². The maximum absolute atomic E-state index is 12.7. The third kappa shape index (κ3) is 4.24. The quantitative estimate of drug-likeness (QED) is 0.840. The molecule has 1 saturated heterocycles. The number of pyridine rings is 1. The van der Waals surface area contributed by atoms with E-state index in [4.69, 9.17) is 14.2 Å². The first-order valence-electron chi connectivity index (χ1n) is 8.97. The summed E-state index contributed by atoms with van der Waals surface area (Å²) in [6, 6.07) is 5.27. The van der Waals surface area contributed by atoms with Crippen LogP contribution in [0, 0.1) is 0 Å². The molecule has 0 unspecified atom stereocenters. The second kappa shape index (κ2) is 8.62. The zero-order valence-electron chi connectivity index (χ0n) is 15.9. The summed E-state index contributed by atoms with van der Waals surface area (Å²) in [5, 5.41) is 2.88. The standard InChI is InChI=1S/C20H25N3O4/c1-25-17-10-15(11-18(26-2)19(17)27-3)22-20(24)14-9-16(13-21-12-14)23-7-5-4-6-8-23/h9-13H,4-8H2,1-3H3,(H,22,24). The van der Waals surface area contributed by atoms with Crippen molar-refractivity contribution in [1.82, 2.24) is 4.98 Å². The number of anilines is 2. The van der Waals surface area contributed by atoms with Gasteiger partial charge in [0, 0.05) is 37.1 Å². The lowest BCUT2D eigenvalue weighted by molar-refractivity contribution is 0.102. The molecule has 1 aromatic heterocycles. The smallest absolute Gasteiger partial charge is 0.257 e. The molecular formula is C20H25N3O4. The highest BCUT2D eigenvalue weighted by molar-refractivity contribution is 6.04. The molecule has 0 saturated carbocycles. The summed E-state index contributed by atoms with van der Waals surface area (Å²) >= 11 is 0. The summed E-state index contributed by atoms with van der Waals surface area (Å²) < 4.78 is 16.0. The second-order valence-electron chi connectivity index (χ2n) is 6.35.